The van der Waals surface area contributed by atoms with Crippen LogP contribution in [0.5, 0.6) is 0 Å². The number of nitrogens with zero attached hydrogens (tertiary/aromatic N) is 2. The number of carbonyl (C=O) groups is 1. The molecule has 4 nitrogen and oxygen atoms in total. The van der Waals surface area contributed by atoms with Gasteiger partial charge < -0.3 is 10.2 Å². The maximum absolute atomic E-state index is 13.1. The quantitative estimate of drug-likeness (QED) is 0.662. The number of rotatable bonds is 3. The summed E-state index contributed by atoms with van der Waals surface area (Å²) in [7, 11) is 3.31. The second-order valence-electron chi connectivity index (χ2n) is 6.87. The van der Waals surface area contributed by atoms with Crippen LogP contribution >= 0.6 is 0 Å². The fraction of sp³-hybridized carbons (Fsp3) is 0.238. The molecule has 0 saturated carbocycles. The van der Waals surface area contributed by atoms with Crippen LogP contribution < -0.4 is 5.32 Å². The molecule has 3 aromatic rings. The van der Waals surface area contributed by atoms with E-state index < -0.39 is 11.7 Å². The molecule has 1 amide bonds. The summed E-state index contributed by atoms with van der Waals surface area (Å²) < 4.78 is 39.2. The smallest absolute Gasteiger partial charge is 0.345 e. The number of carbonyl (C=O) groups excluding carboxylic acids is 1. The van der Waals surface area contributed by atoms with Crippen LogP contribution in [-0.2, 0) is 6.18 Å². The average molecular weight is 387 g/mol. The van der Waals surface area contributed by atoms with Crippen LogP contribution in [0.2, 0.25) is 0 Å². The van der Waals surface area contributed by atoms with Gasteiger partial charge in [-0.1, -0.05) is 24.3 Å². The number of anilines is 2. The van der Waals surface area contributed by atoms with Crippen molar-refractivity contribution in [3.8, 4) is 0 Å². The summed E-state index contributed by atoms with van der Waals surface area (Å²) in [6.45, 7) is 3.61. The van der Waals surface area contributed by atoms with E-state index in [4.69, 9.17) is 0 Å². The standard InChI is InChI=1S/C21H20F3N3O/c1-12-8-9-14(21(22,23)24)10-17(12)26-19-15-7-5-6-13(2)18(15)16(11-25-19)20(28)27(3)4/h5-11H,1-4H3,(H,25,26). The van der Waals surface area contributed by atoms with Crippen molar-refractivity contribution in [3.63, 3.8) is 0 Å². The van der Waals surface area contributed by atoms with Crippen LogP contribution in [0.4, 0.5) is 24.7 Å². The lowest BCUT2D eigenvalue weighted by atomic mass is 10.0. The minimum absolute atomic E-state index is 0.186. The maximum atomic E-state index is 13.1. The Morgan fingerprint density at radius 3 is 2.43 bits per heavy atom. The summed E-state index contributed by atoms with van der Waals surface area (Å²) in [6, 6.07) is 9.05. The molecule has 3 rings (SSSR count). The zero-order valence-electron chi connectivity index (χ0n) is 16.0. The molecule has 7 heteroatoms. The first-order valence-electron chi connectivity index (χ1n) is 8.64. The number of benzene rings is 2. The monoisotopic (exact) mass is 387 g/mol. The Balaban J connectivity index is 2.15. The number of hydrogen-bond acceptors (Lipinski definition) is 3. The predicted molar refractivity (Wildman–Crippen MR) is 104 cm³/mol. The zero-order chi connectivity index (χ0) is 20.6. The SMILES string of the molecule is Cc1ccc(C(F)(F)F)cc1Nc1ncc(C(=O)N(C)C)c2c(C)cccc12. The molecule has 0 atom stereocenters. The normalized spacial score (nSPS) is 11.5. The number of aryl methyl sites for hydroxylation is 2. The second kappa shape index (κ2) is 7.14. The van der Waals surface area contributed by atoms with Crippen molar-refractivity contribution >= 4 is 28.2 Å². The summed E-state index contributed by atoms with van der Waals surface area (Å²) in [5, 5.41) is 4.41. The lowest BCUT2D eigenvalue weighted by molar-refractivity contribution is -0.137. The largest absolute Gasteiger partial charge is 0.416 e. The van der Waals surface area contributed by atoms with Gasteiger partial charge in [0, 0.05) is 36.8 Å². The molecule has 28 heavy (non-hydrogen) atoms. The van der Waals surface area contributed by atoms with E-state index in [1.807, 2.05) is 19.1 Å². The zero-order valence-corrected chi connectivity index (χ0v) is 16.0. The van der Waals surface area contributed by atoms with Crippen molar-refractivity contribution in [2.75, 3.05) is 19.4 Å². The van der Waals surface area contributed by atoms with Crippen LogP contribution in [-0.4, -0.2) is 29.9 Å². The first-order valence-corrected chi connectivity index (χ1v) is 8.64. The highest BCUT2D eigenvalue weighted by Crippen LogP contribution is 2.35. The number of fused-ring (bicyclic) bond motifs is 1. The van der Waals surface area contributed by atoms with Gasteiger partial charge in [-0.2, -0.15) is 13.2 Å². The molecule has 0 saturated heterocycles. The highest BCUT2D eigenvalue weighted by molar-refractivity contribution is 6.10. The molecule has 0 bridgehead atoms. The number of aromatic nitrogens is 1. The third-order valence-corrected chi connectivity index (χ3v) is 4.57. The molecule has 0 unspecified atom stereocenters. The molecule has 2 aromatic carbocycles. The Kier molecular flexibility index (Phi) is 5.02. The van der Waals surface area contributed by atoms with Crippen LogP contribution in [0.25, 0.3) is 10.8 Å². The third-order valence-electron chi connectivity index (χ3n) is 4.57. The second-order valence-corrected chi connectivity index (χ2v) is 6.87. The van der Waals surface area contributed by atoms with Crippen LogP contribution in [0, 0.1) is 13.8 Å². The van der Waals surface area contributed by atoms with E-state index in [2.05, 4.69) is 10.3 Å². The van der Waals surface area contributed by atoms with Gasteiger partial charge in [0.05, 0.1) is 11.1 Å². The molecular weight excluding hydrogens is 367 g/mol. The molecule has 1 aromatic heterocycles. The summed E-state index contributed by atoms with van der Waals surface area (Å²) >= 11 is 0. The number of hydrogen-bond donors (Lipinski definition) is 1. The summed E-state index contributed by atoms with van der Waals surface area (Å²) in [5.74, 6) is 0.213. The first kappa shape index (κ1) is 19.7. The Morgan fingerprint density at radius 1 is 1.07 bits per heavy atom. The van der Waals surface area contributed by atoms with Crippen molar-refractivity contribution in [3.05, 3.63) is 64.8 Å². The van der Waals surface area contributed by atoms with Crippen LogP contribution in [0.15, 0.2) is 42.6 Å². The van der Waals surface area contributed by atoms with Gasteiger partial charge in [-0.15, -0.1) is 0 Å². The molecule has 0 fully saturated rings. The molecule has 0 radical (unpaired) electrons. The third kappa shape index (κ3) is 3.65. The highest BCUT2D eigenvalue weighted by Gasteiger charge is 2.31. The predicted octanol–water partition coefficient (Wildman–Crippen LogP) is 5.32. The van der Waals surface area contributed by atoms with Gasteiger partial charge in [0.2, 0.25) is 0 Å². The minimum Gasteiger partial charge on any atom is -0.345 e. The summed E-state index contributed by atoms with van der Waals surface area (Å²) in [4.78, 5) is 18.3. The van der Waals surface area contributed by atoms with E-state index in [0.717, 1.165) is 23.1 Å². The van der Waals surface area contributed by atoms with Crippen molar-refractivity contribution in [1.29, 1.82) is 0 Å². The molecular formula is C21H20F3N3O. The van der Waals surface area contributed by atoms with Crippen molar-refractivity contribution in [2.24, 2.45) is 0 Å². The number of amides is 1. The Hall–Kier alpha value is -3.09. The molecule has 1 heterocycles. The van der Waals surface area contributed by atoms with E-state index in [1.54, 1.807) is 27.1 Å². The Bertz CT molecular complexity index is 1060. The van der Waals surface area contributed by atoms with Gasteiger partial charge in [0.25, 0.3) is 5.91 Å². The van der Waals surface area contributed by atoms with Gasteiger partial charge in [0.15, 0.2) is 0 Å². The van der Waals surface area contributed by atoms with Gasteiger partial charge in [-0.05, 0) is 37.1 Å². The Morgan fingerprint density at radius 2 is 1.79 bits per heavy atom. The Labute approximate surface area is 161 Å². The van der Waals surface area contributed by atoms with E-state index in [-0.39, 0.29) is 5.91 Å². The lowest BCUT2D eigenvalue weighted by Crippen LogP contribution is -2.22. The van der Waals surface area contributed by atoms with Crippen molar-refractivity contribution in [2.45, 2.75) is 20.0 Å². The molecule has 0 aliphatic heterocycles. The molecule has 146 valence electrons. The average Bonchev–Trinajstić information content (AvgIpc) is 2.62. The molecule has 0 aliphatic carbocycles. The lowest BCUT2D eigenvalue weighted by Gasteiger charge is -2.17. The number of halogens is 3. The van der Waals surface area contributed by atoms with Gasteiger partial charge in [-0.3, -0.25) is 4.79 Å². The fourth-order valence-electron chi connectivity index (χ4n) is 3.05. The maximum Gasteiger partial charge on any atom is 0.416 e. The van der Waals surface area contributed by atoms with Gasteiger partial charge in [0.1, 0.15) is 5.82 Å². The van der Waals surface area contributed by atoms with Crippen LogP contribution in [0.1, 0.15) is 27.0 Å². The van der Waals surface area contributed by atoms with Gasteiger partial charge in [-0.25, -0.2) is 4.98 Å². The summed E-state index contributed by atoms with van der Waals surface area (Å²) in [6.07, 6.45) is -2.97. The topological polar surface area (TPSA) is 45.2 Å². The van der Waals surface area contributed by atoms with E-state index >= 15 is 0 Å². The minimum atomic E-state index is -4.43. The van der Waals surface area contributed by atoms with Crippen LogP contribution in [0.3, 0.4) is 0 Å². The number of pyridine rings is 1. The van der Waals surface area contributed by atoms with E-state index in [9.17, 15) is 18.0 Å². The number of nitrogens with one attached hydrogen (secondary N) is 1. The van der Waals surface area contributed by atoms with E-state index in [0.29, 0.717) is 28.0 Å². The molecule has 0 aliphatic rings. The van der Waals surface area contributed by atoms with E-state index in [1.165, 1.54) is 17.2 Å². The highest BCUT2D eigenvalue weighted by atomic mass is 19.4. The first-order chi connectivity index (χ1) is 13.1. The van der Waals surface area contributed by atoms with Gasteiger partial charge >= 0.3 is 6.18 Å². The fourth-order valence-corrected chi connectivity index (χ4v) is 3.05. The van der Waals surface area contributed by atoms with Crippen molar-refractivity contribution < 1.29 is 18.0 Å². The molecule has 0 spiro atoms. The molecule has 1 N–H and O–H groups in total. The summed E-state index contributed by atoms with van der Waals surface area (Å²) in [5.41, 5.74) is 1.57. The van der Waals surface area contributed by atoms with Crippen molar-refractivity contribution in [1.82, 2.24) is 9.88 Å². The number of alkyl halides is 3.